The molecule has 6 nitrogen and oxygen atoms in total. The maximum Gasteiger partial charge on any atom is 0.230 e. The predicted octanol–water partition coefficient (Wildman–Crippen LogP) is 4.55. The second kappa shape index (κ2) is 10.6. The van der Waals surface area contributed by atoms with Crippen LogP contribution in [0, 0.1) is 11.8 Å². The molecular formula is C24H30Cl2N4O2. The van der Waals surface area contributed by atoms with Crippen molar-refractivity contribution in [2.24, 2.45) is 17.6 Å². The average Bonchev–Trinajstić information content (AvgIpc) is 2.79. The van der Waals surface area contributed by atoms with Crippen molar-refractivity contribution >= 4 is 40.7 Å². The van der Waals surface area contributed by atoms with Crippen molar-refractivity contribution in [3.63, 3.8) is 0 Å². The fraction of sp³-hybridized carbons (Fsp3) is 0.458. The van der Waals surface area contributed by atoms with Crippen LogP contribution in [0.25, 0.3) is 0 Å². The number of nitrogens with one attached hydrogen (secondary N) is 2. The fourth-order valence-corrected chi connectivity index (χ4v) is 4.40. The summed E-state index contributed by atoms with van der Waals surface area (Å²) in [6, 6.07) is 8.63. The minimum Gasteiger partial charge on any atom is -0.354 e. The quantitative estimate of drug-likeness (QED) is 0.545. The number of nitrogens with zero attached hydrogens (tertiary/aromatic N) is 1. The van der Waals surface area contributed by atoms with Gasteiger partial charge >= 0.3 is 0 Å². The van der Waals surface area contributed by atoms with E-state index < -0.39 is 5.41 Å². The van der Waals surface area contributed by atoms with Gasteiger partial charge in [-0.2, -0.15) is 0 Å². The first-order valence-corrected chi connectivity index (χ1v) is 11.6. The van der Waals surface area contributed by atoms with E-state index in [0.717, 1.165) is 36.9 Å². The Morgan fingerprint density at radius 1 is 1.09 bits per heavy atom. The summed E-state index contributed by atoms with van der Waals surface area (Å²) in [6.45, 7) is 4.09. The molecule has 1 fully saturated rings. The van der Waals surface area contributed by atoms with E-state index in [4.69, 9.17) is 28.9 Å². The number of pyridine rings is 1. The molecule has 1 unspecified atom stereocenters. The van der Waals surface area contributed by atoms with Gasteiger partial charge in [0.25, 0.3) is 0 Å². The summed E-state index contributed by atoms with van der Waals surface area (Å²) in [4.78, 5) is 29.3. The highest BCUT2D eigenvalue weighted by Crippen LogP contribution is 2.32. The number of hydrogen-bond acceptors (Lipinski definition) is 4. The van der Waals surface area contributed by atoms with Gasteiger partial charge in [0.05, 0.1) is 15.5 Å². The van der Waals surface area contributed by atoms with Gasteiger partial charge in [0.1, 0.15) is 0 Å². The number of amides is 2. The van der Waals surface area contributed by atoms with Crippen LogP contribution in [0.1, 0.15) is 45.1 Å². The van der Waals surface area contributed by atoms with Gasteiger partial charge in [0.2, 0.25) is 11.8 Å². The Kier molecular flexibility index (Phi) is 8.15. The molecule has 172 valence electrons. The molecule has 1 aromatic carbocycles. The molecule has 0 spiro atoms. The molecule has 0 bridgehead atoms. The molecule has 3 rings (SSSR count). The zero-order chi connectivity index (χ0) is 23.3. The van der Waals surface area contributed by atoms with Gasteiger partial charge in [-0.3, -0.25) is 14.6 Å². The summed E-state index contributed by atoms with van der Waals surface area (Å²) < 4.78 is 0. The van der Waals surface area contributed by atoms with Crippen LogP contribution in [-0.2, 0) is 15.0 Å². The third-order valence-corrected chi connectivity index (χ3v) is 7.14. The highest BCUT2D eigenvalue weighted by atomic mass is 35.5. The van der Waals surface area contributed by atoms with Crippen LogP contribution in [0.3, 0.4) is 0 Å². The van der Waals surface area contributed by atoms with Gasteiger partial charge in [-0.1, -0.05) is 29.3 Å². The molecular weight excluding hydrogens is 447 g/mol. The van der Waals surface area contributed by atoms with Crippen LogP contribution in [0.5, 0.6) is 0 Å². The monoisotopic (exact) mass is 476 g/mol. The highest BCUT2D eigenvalue weighted by molar-refractivity contribution is 6.42. The lowest BCUT2D eigenvalue weighted by Gasteiger charge is -2.32. The number of benzene rings is 1. The Labute approximate surface area is 199 Å². The summed E-state index contributed by atoms with van der Waals surface area (Å²) >= 11 is 12.1. The van der Waals surface area contributed by atoms with E-state index in [0.29, 0.717) is 16.6 Å². The molecule has 4 N–H and O–H groups in total. The number of aromatic nitrogens is 1. The third kappa shape index (κ3) is 6.00. The molecule has 2 amide bonds. The summed E-state index contributed by atoms with van der Waals surface area (Å²) in [5, 5.41) is 6.82. The van der Waals surface area contributed by atoms with E-state index in [1.54, 1.807) is 36.7 Å². The van der Waals surface area contributed by atoms with Crippen molar-refractivity contribution in [2.75, 3.05) is 11.9 Å². The number of carbonyl (C=O) groups excluding carboxylic acids is 2. The number of nitrogens with two attached hydrogens (primary N) is 1. The van der Waals surface area contributed by atoms with E-state index >= 15 is 0 Å². The number of carbonyl (C=O) groups is 2. The smallest absolute Gasteiger partial charge is 0.230 e. The lowest BCUT2D eigenvalue weighted by molar-refractivity contribution is -0.125. The van der Waals surface area contributed by atoms with E-state index in [2.05, 4.69) is 15.6 Å². The van der Waals surface area contributed by atoms with Gasteiger partial charge in [-0.15, -0.1) is 0 Å². The number of rotatable bonds is 7. The largest absolute Gasteiger partial charge is 0.354 e. The standard InChI is InChI=1S/C24H30Cl2N4O2/c1-24(2,17-7-8-19(25)20(26)13-17)23(32)29-14-21(27)15-3-5-16(6-4-15)22(31)30-18-9-11-28-12-10-18/h7-13,15-16,21H,3-6,14,27H2,1-2H3,(H,29,32)(H,28,30,31). The van der Waals surface area contributed by atoms with Gasteiger partial charge < -0.3 is 16.4 Å². The zero-order valence-electron chi connectivity index (χ0n) is 18.4. The van der Waals surface area contributed by atoms with Crippen LogP contribution in [0.4, 0.5) is 5.69 Å². The van der Waals surface area contributed by atoms with Gasteiger partial charge in [0, 0.05) is 36.6 Å². The van der Waals surface area contributed by atoms with Crippen LogP contribution >= 0.6 is 23.2 Å². The molecule has 1 aliphatic carbocycles. The lowest BCUT2D eigenvalue weighted by atomic mass is 9.78. The summed E-state index contributed by atoms with van der Waals surface area (Å²) in [6.07, 6.45) is 6.62. The van der Waals surface area contributed by atoms with Crippen molar-refractivity contribution in [1.29, 1.82) is 0 Å². The second-order valence-electron chi connectivity index (χ2n) is 8.96. The fourth-order valence-electron chi connectivity index (χ4n) is 4.10. The molecule has 8 heteroatoms. The Morgan fingerprint density at radius 3 is 2.38 bits per heavy atom. The third-order valence-electron chi connectivity index (χ3n) is 6.40. The molecule has 1 heterocycles. The van der Waals surface area contributed by atoms with Crippen molar-refractivity contribution in [2.45, 2.75) is 51.0 Å². The molecule has 2 aromatic rings. The maximum absolute atomic E-state index is 12.9. The lowest BCUT2D eigenvalue weighted by Crippen LogP contribution is -2.48. The number of hydrogen-bond donors (Lipinski definition) is 3. The average molecular weight is 477 g/mol. The van der Waals surface area contributed by atoms with Crippen molar-refractivity contribution in [3.8, 4) is 0 Å². The second-order valence-corrected chi connectivity index (χ2v) is 9.78. The Bertz CT molecular complexity index is 944. The topological polar surface area (TPSA) is 97.1 Å². The zero-order valence-corrected chi connectivity index (χ0v) is 19.9. The van der Waals surface area contributed by atoms with E-state index in [1.165, 1.54) is 0 Å². The van der Waals surface area contributed by atoms with E-state index in [1.807, 2.05) is 19.9 Å². The van der Waals surface area contributed by atoms with Crippen molar-refractivity contribution in [3.05, 3.63) is 58.3 Å². The Balaban J connectivity index is 1.47. The van der Waals surface area contributed by atoms with Crippen molar-refractivity contribution in [1.82, 2.24) is 10.3 Å². The molecule has 0 radical (unpaired) electrons. The van der Waals surface area contributed by atoms with Gasteiger partial charge in [-0.25, -0.2) is 0 Å². The van der Waals surface area contributed by atoms with Crippen LogP contribution in [0.15, 0.2) is 42.7 Å². The molecule has 1 aromatic heterocycles. The van der Waals surface area contributed by atoms with Crippen molar-refractivity contribution < 1.29 is 9.59 Å². The van der Waals surface area contributed by atoms with Gasteiger partial charge in [-0.05, 0) is 75.3 Å². The van der Waals surface area contributed by atoms with Gasteiger partial charge in [0.15, 0.2) is 0 Å². The highest BCUT2D eigenvalue weighted by Gasteiger charge is 2.33. The predicted molar refractivity (Wildman–Crippen MR) is 129 cm³/mol. The van der Waals surface area contributed by atoms with Crippen LogP contribution < -0.4 is 16.4 Å². The maximum atomic E-state index is 12.9. The number of anilines is 1. The first-order valence-electron chi connectivity index (χ1n) is 10.9. The molecule has 1 atom stereocenters. The summed E-state index contributed by atoms with van der Waals surface area (Å²) in [7, 11) is 0. The number of halogens is 2. The van der Waals surface area contributed by atoms with Crippen LogP contribution in [-0.4, -0.2) is 29.4 Å². The molecule has 1 aliphatic rings. The van der Waals surface area contributed by atoms with E-state index in [-0.39, 0.29) is 29.7 Å². The molecule has 0 saturated heterocycles. The first-order chi connectivity index (χ1) is 15.2. The minimum atomic E-state index is -0.767. The Hall–Kier alpha value is -2.15. The molecule has 32 heavy (non-hydrogen) atoms. The molecule has 0 aliphatic heterocycles. The summed E-state index contributed by atoms with van der Waals surface area (Å²) in [5.74, 6) is 0.180. The summed E-state index contributed by atoms with van der Waals surface area (Å²) in [5.41, 5.74) is 7.19. The first kappa shape index (κ1) is 24.5. The SMILES string of the molecule is CC(C)(C(=O)NCC(N)C1CCC(C(=O)Nc2ccncc2)CC1)c1ccc(Cl)c(Cl)c1. The van der Waals surface area contributed by atoms with E-state index in [9.17, 15) is 9.59 Å². The normalized spacial score (nSPS) is 19.8. The van der Waals surface area contributed by atoms with Crippen LogP contribution in [0.2, 0.25) is 10.0 Å². The minimum absolute atomic E-state index is 0.0187. The Morgan fingerprint density at radius 2 is 1.75 bits per heavy atom. The molecule has 1 saturated carbocycles.